The molecule has 0 heterocycles. The van der Waals surface area contributed by atoms with E-state index in [0.29, 0.717) is 24.4 Å². The van der Waals surface area contributed by atoms with Gasteiger partial charge in [0.1, 0.15) is 0 Å². The molecule has 98 valence electrons. The SMILES string of the molecule is CCN(C(=O)C1(CN)CC(C)C1)C1CCCC1. The van der Waals surface area contributed by atoms with Crippen LogP contribution in [-0.4, -0.2) is 29.9 Å². The molecule has 2 fully saturated rings. The molecule has 0 aromatic carbocycles. The molecular weight excluding hydrogens is 212 g/mol. The summed E-state index contributed by atoms with van der Waals surface area (Å²) in [6.45, 7) is 5.69. The van der Waals surface area contributed by atoms with Gasteiger partial charge in [0.05, 0.1) is 5.41 Å². The van der Waals surface area contributed by atoms with Gasteiger partial charge in [-0.05, 0) is 38.5 Å². The zero-order chi connectivity index (χ0) is 12.5. The minimum Gasteiger partial charge on any atom is -0.339 e. The van der Waals surface area contributed by atoms with Crippen LogP contribution in [0.3, 0.4) is 0 Å². The third-order valence-electron chi connectivity index (χ3n) is 4.69. The molecule has 0 aromatic rings. The summed E-state index contributed by atoms with van der Waals surface area (Å²) in [7, 11) is 0. The minimum atomic E-state index is -0.210. The second kappa shape index (κ2) is 4.97. The van der Waals surface area contributed by atoms with E-state index in [-0.39, 0.29) is 5.41 Å². The van der Waals surface area contributed by atoms with E-state index < -0.39 is 0 Å². The number of nitrogens with zero attached hydrogens (tertiary/aromatic N) is 1. The third kappa shape index (κ3) is 2.22. The zero-order valence-electron chi connectivity index (χ0n) is 11.2. The maximum atomic E-state index is 12.7. The monoisotopic (exact) mass is 238 g/mol. The summed E-state index contributed by atoms with van der Waals surface area (Å²) in [6, 6.07) is 0.492. The number of nitrogens with two attached hydrogens (primary N) is 1. The molecule has 0 radical (unpaired) electrons. The largest absolute Gasteiger partial charge is 0.339 e. The van der Waals surface area contributed by atoms with Crippen molar-refractivity contribution in [1.82, 2.24) is 4.90 Å². The van der Waals surface area contributed by atoms with Crippen molar-refractivity contribution in [2.24, 2.45) is 17.1 Å². The van der Waals surface area contributed by atoms with Crippen LogP contribution >= 0.6 is 0 Å². The summed E-state index contributed by atoms with van der Waals surface area (Å²) in [6.07, 6.45) is 6.92. The van der Waals surface area contributed by atoms with Gasteiger partial charge in [-0.1, -0.05) is 19.8 Å². The van der Waals surface area contributed by atoms with Crippen molar-refractivity contribution in [3.8, 4) is 0 Å². The third-order valence-corrected chi connectivity index (χ3v) is 4.69. The lowest BCUT2D eigenvalue weighted by atomic mass is 9.61. The van der Waals surface area contributed by atoms with Crippen molar-refractivity contribution in [3.05, 3.63) is 0 Å². The molecule has 0 atom stereocenters. The first-order valence-corrected chi connectivity index (χ1v) is 7.14. The fourth-order valence-corrected chi connectivity index (χ4v) is 3.79. The van der Waals surface area contributed by atoms with Gasteiger partial charge in [-0.3, -0.25) is 4.79 Å². The number of hydrogen-bond donors (Lipinski definition) is 1. The number of carbonyl (C=O) groups is 1. The molecule has 3 nitrogen and oxygen atoms in total. The van der Waals surface area contributed by atoms with Gasteiger partial charge < -0.3 is 10.6 Å². The normalized spacial score (nSPS) is 33.5. The number of amides is 1. The van der Waals surface area contributed by atoms with Crippen LogP contribution in [0.2, 0.25) is 0 Å². The first kappa shape index (κ1) is 12.9. The second-order valence-electron chi connectivity index (χ2n) is 6.03. The highest BCUT2D eigenvalue weighted by Gasteiger charge is 2.49. The maximum absolute atomic E-state index is 12.7. The first-order valence-electron chi connectivity index (χ1n) is 7.14. The number of carbonyl (C=O) groups excluding carboxylic acids is 1. The molecule has 0 bridgehead atoms. The van der Waals surface area contributed by atoms with Crippen molar-refractivity contribution in [2.45, 2.75) is 58.4 Å². The Bertz CT molecular complexity index is 278. The standard InChI is InChI=1S/C14H26N2O/c1-3-16(12-6-4-5-7-12)13(17)14(10-15)8-11(2)9-14/h11-12H,3-10,15H2,1-2H3. The van der Waals surface area contributed by atoms with Gasteiger partial charge >= 0.3 is 0 Å². The summed E-state index contributed by atoms with van der Waals surface area (Å²) in [5.41, 5.74) is 5.67. The predicted octanol–water partition coefficient (Wildman–Crippen LogP) is 2.15. The van der Waals surface area contributed by atoms with E-state index in [0.717, 1.165) is 19.4 Å². The Hall–Kier alpha value is -0.570. The van der Waals surface area contributed by atoms with Crippen molar-refractivity contribution in [2.75, 3.05) is 13.1 Å². The van der Waals surface area contributed by atoms with Crippen molar-refractivity contribution >= 4 is 5.91 Å². The number of hydrogen-bond acceptors (Lipinski definition) is 2. The summed E-state index contributed by atoms with van der Waals surface area (Å²) in [4.78, 5) is 14.8. The van der Waals surface area contributed by atoms with E-state index in [1.165, 1.54) is 25.7 Å². The second-order valence-corrected chi connectivity index (χ2v) is 6.03. The molecule has 3 heteroatoms. The summed E-state index contributed by atoms with van der Waals surface area (Å²) in [5, 5.41) is 0. The van der Waals surface area contributed by atoms with Crippen LogP contribution < -0.4 is 5.73 Å². The molecular formula is C14H26N2O. The van der Waals surface area contributed by atoms with Gasteiger partial charge in [0.2, 0.25) is 5.91 Å². The molecule has 2 saturated carbocycles. The Kier molecular flexibility index (Phi) is 3.76. The Balaban J connectivity index is 2.05. The molecule has 2 rings (SSSR count). The highest BCUT2D eigenvalue weighted by atomic mass is 16.2. The highest BCUT2D eigenvalue weighted by Crippen LogP contribution is 2.46. The first-order chi connectivity index (χ1) is 8.13. The molecule has 0 unspecified atom stereocenters. The van der Waals surface area contributed by atoms with Gasteiger partial charge in [-0.25, -0.2) is 0 Å². The van der Waals surface area contributed by atoms with Crippen LogP contribution in [0.5, 0.6) is 0 Å². The van der Waals surface area contributed by atoms with Crippen molar-refractivity contribution in [1.29, 1.82) is 0 Å². The molecule has 2 aliphatic rings. The van der Waals surface area contributed by atoms with E-state index in [4.69, 9.17) is 5.73 Å². The Morgan fingerprint density at radius 3 is 2.35 bits per heavy atom. The molecule has 0 aromatic heterocycles. The van der Waals surface area contributed by atoms with Crippen LogP contribution in [0.1, 0.15) is 52.4 Å². The molecule has 1 amide bonds. The minimum absolute atomic E-state index is 0.210. The highest BCUT2D eigenvalue weighted by molar-refractivity contribution is 5.84. The van der Waals surface area contributed by atoms with Crippen LogP contribution in [0.4, 0.5) is 0 Å². The van der Waals surface area contributed by atoms with Gasteiger partial charge in [-0.2, -0.15) is 0 Å². The smallest absolute Gasteiger partial charge is 0.230 e. The van der Waals surface area contributed by atoms with Gasteiger partial charge in [0.15, 0.2) is 0 Å². The van der Waals surface area contributed by atoms with Crippen LogP contribution in [0.25, 0.3) is 0 Å². The molecule has 0 saturated heterocycles. The van der Waals surface area contributed by atoms with E-state index >= 15 is 0 Å². The quantitative estimate of drug-likeness (QED) is 0.815. The molecule has 2 aliphatic carbocycles. The Morgan fingerprint density at radius 1 is 1.35 bits per heavy atom. The van der Waals surface area contributed by atoms with Crippen LogP contribution in [0.15, 0.2) is 0 Å². The predicted molar refractivity (Wildman–Crippen MR) is 69.5 cm³/mol. The fraction of sp³-hybridized carbons (Fsp3) is 0.929. The van der Waals surface area contributed by atoms with Crippen LogP contribution in [0, 0.1) is 11.3 Å². The summed E-state index contributed by atoms with van der Waals surface area (Å²) >= 11 is 0. The lowest BCUT2D eigenvalue weighted by molar-refractivity contribution is -0.151. The van der Waals surface area contributed by atoms with E-state index in [2.05, 4.69) is 18.7 Å². The molecule has 2 N–H and O–H groups in total. The Morgan fingerprint density at radius 2 is 1.94 bits per heavy atom. The zero-order valence-corrected chi connectivity index (χ0v) is 11.2. The lowest BCUT2D eigenvalue weighted by Gasteiger charge is -2.48. The van der Waals surface area contributed by atoms with Gasteiger partial charge in [-0.15, -0.1) is 0 Å². The van der Waals surface area contributed by atoms with Gasteiger partial charge in [0.25, 0.3) is 0 Å². The molecule has 0 spiro atoms. The van der Waals surface area contributed by atoms with Crippen molar-refractivity contribution in [3.63, 3.8) is 0 Å². The average molecular weight is 238 g/mol. The van der Waals surface area contributed by atoms with E-state index in [1.807, 2.05) is 0 Å². The van der Waals surface area contributed by atoms with Gasteiger partial charge in [0, 0.05) is 19.1 Å². The average Bonchev–Trinajstić information content (AvgIpc) is 2.79. The molecule has 0 aliphatic heterocycles. The Labute approximate surface area is 105 Å². The topological polar surface area (TPSA) is 46.3 Å². The van der Waals surface area contributed by atoms with E-state index in [1.54, 1.807) is 0 Å². The van der Waals surface area contributed by atoms with Crippen LogP contribution in [-0.2, 0) is 4.79 Å². The molecule has 17 heavy (non-hydrogen) atoms. The maximum Gasteiger partial charge on any atom is 0.230 e. The van der Waals surface area contributed by atoms with E-state index in [9.17, 15) is 4.79 Å². The van der Waals surface area contributed by atoms with Crippen molar-refractivity contribution < 1.29 is 4.79 Å². The number of rotatable bonds is 4. The fourth-order valence-electron chi connectivity index (χ4n) is 3.79. The summed E-state index contributed by atoms with van der Waals surface area (Å²) < 4.78 is 0. The lowest BCUT2D eigenvalue weighted by Crippen LogP contribution is -2.56. The summed E-state index contributed by atoms with van der Waals surface area (Å²) in [5.74, 6) is 1.01.